The smallest absolute Gasteiger partial charge is 0.144 e. The van der Waals surface area contributed by atoms with Crippen LogP contribution in [0.2, 0.25) is 0 Å². The summed E-state index contributed by atoms with van der Waals surface area (Å²) in [5, 5.41) is 8.53. The molecule has 0 fully saturated rings. The fraction of sp³-hybridized carbons (Fsp3) is 0.417. The van der Waals surface area contributed by atoms with E-state index in [1.807, 2.05) is 0 Å². The van der Waals surface area contributed by atoms with E-state index in [2.05, 4.69) is 13.8 Å². The van der Waals surface area contributed by atoms with Crippen molar-refractivity contribution in [3.63, 3.8) is 0 Å². The Kier molecular flexibility index (Phi) is 4.11. The molecule has 0 spiro atoms. The Morgan fingerprint density at radius 2 is 2.27 bits per heavy atom. The normalized spacial score (nSPS) is 11.9. The van der Waals surface area contributed by atoms with Gasteiger partial charge in [-0.05, 0) is 18.1 Å². The molecule has 1 atom stereocenters. The van der Waals surface area contributed by atoms with E-state index in [1.165, 1.54) is 12.1 Å². The van der Waals surface area contributed by atoms with Gasteiger partial charge < -0.3 is 4.74 Å². The second-order valence-corrected chi connectivity index (χ2v) is 3.58. The highest BCUT2D eigenvalue weighted by molar-refractivity contribution is 5.36. The van der Waals surface area contributed by atoms with Gasteiger partial charge in [0.2, 0.25) is 0 Å². The van der Waals surface area contributed by atoms with Gasteiger partial charge in [0, 0.05) is 6.07 Å². The monoisotopic (exact) mass is 207 g/mol. The molecule has 0 aliphatic heterocycles. The third-order valence-electron chi connectivity index (χ3n) is 2.29. The van der Waals surface area contributed by atoms with Crippen molar-refractivity contribution in [2.24, 2.45) is 5.92 Å². The average molecular weight is 207 g/mol. The standard InChI is InChI=1S/C12H14FNO/c1-3-9(2)8-15-11-5-4-10(7-14)12(13)6-11/h4-6,9H,3,8H2,1-2H3. The number of hydrogen-bond donors (Lipinski definition) is 0. The molecule has 15 heavy (non-hydrogen) atoms. The highest BCUT2D eigenvalue weighted by Crippen LogP contribution is 2.17. The van der Waals surface area contributed by atoms with E-state index in [1.54, 1.807) is 12.1 Å². The lowest BCUT2D eigenvalue weighted by Gasteiger charge is -2.10. The van der Waals surface area contributed by atoms with Gasteiger partial charge in [0.1, 0.15) is 17.6 Å². The lowest BCUT2D eigenvalue weighted by atomic mass is 10.1. The minimum Gasteiger partial charge on any atom is -0.493 e. The average Bonchev–Trinajstić information content (AvgIpc) is 2.26. The van der Waals surface area contributed by atoms with Crippen LogP contribution in [0.15, 0.2) is 18.2 Å². The molecule has 0 amide bonds. The number of rotatable bonds is 4. The van der Waals surface area contributed by atoms with Gasteiger partial charge in [-0.15, -0.1) is 0 Å². The first-order valence-corrected chi connectivity index (χ1v) is 4.99. The maximum absolute atomic E-state index is 13.2. The lowest BCUT2D eigenvalue weighted by molar-refractivity contribution is 0.255. The number of nitrogens with zero attached hydrogens (tertiary/aromatic N) is 1. The molecule has 0 saturated heterocycles. The summed E-state index contributed by atoms with van der Waals surface area (Å²) in [6.45, 7) is 4.72. The minimum atomic E-state index is -0.529. The number of halogens is 1. The molecule has 0 aromatic heterocycles. The summed E-state index contributed by atoms with van der Waals surface area (Å²) in [7, 11) is 0. The largest absolute Gasteiger partial charge is 0.493 e. The number of hydrogen-bond acceptors (Lipinski definition) is 2. The van der Waals surface area contributed by atoms with E-state index in [0.29, 0.717) is 18.3 Å². The lowest BCUT2D eigenvalue weighted by Crippen LogP contribution is -2.07. The molecule has 1 rings (SSSR count). The molecular formula is C12H14FNO. The second-order valence-electron chi connectivity index (χ2n) is 3.58. The molecule has 3 heteroatoms. The minimum absolute atomic E-state index is 0.0471. The van der Waals surface area contributed by atoms with Crippen molar-refractivity contribution in [3.8, 4) is 11.8 Å². The Bertz CT molecular complexity index is 370. The predicted octanol–water partition coefficient (Wildman–Crippen LogP) is 3.12. The molecule has 2 nitrogen and oxygen atoms in total. The van der Waals surface area contributed by atoms with Crippen molar-refractivity contribution in [2.75, 3.05) is 6.61 Å². The van der Waals surface area contributed by atoms with E-state index in [-0.39, 0.29) is 5.56 Å². The van der Waals surface area contributed by atoms with Crippen LogP contribution in [-0.2, 0) is 0 Å². The van der Waals surface area contributed by atoms with Crippen molar-refractivity contribution >= 4 is 0 Å². The Morgan fingerprint density at radius 1 is 1.53 bits per heavy atom. The molecule has 0 radical (unpaired) electrons. The van der Waals surface area contributed by atoms with Crippen LogP contribution < -0.4 is 4.74 Å². The van der Waals surface area contributed by atoms with Crippen LogP contribution in [0.4, 0.5) is 4.39 Å². The van der Waals surface area contributed by atoms with E-state index >= 15 is 0 Å². The first-order chi connectivity index (χ1) is 7.17. The van der Waals surface area contributed by atoms with Gasteiger partial charge >= 0.3 is 0 Å². The molecule has 1 aromatic rings. The van der Waals surface area contributed by atoms with Gasteiger partial charge in [-0.25, -0.2) is 4.39 Å². The summed E-state index contributed by atoms with van der Waals surface area (Å²) >= 11 is 0. The van der Waals surface area contributed by atoms with Crippen LogP contribution in [0.5, 0.6) is 5.75 Å². The Labute approximate surface area is 89.3 Å². The maximum Gasteiger partial charge on any atom is 0.144 e. The molecule has 0 N–H and O–H groups in total. The Morgan fingerprint density at radius 3 is 2.80 bits per heavy atom. The summed E-state index contributed by atoms with van der Waals surface area (Å²) in [6.07, 6.45) is 1.03. The first kappa shape index (κ1) is 11.5. The Hall–Kier alpha value is -1.56. The van der Waals surface area contributed by atoms with Gasteiger partial charge in [0.15, 0.2) is 0 Å². The van der Waals surface area contributed by atoms with E-state index in [0.717, 1.165) is 6.42 Å². The van der Waals surface area contributed by atoms with Gasteiger partial charge in [-0.3, -0.25) is 0 Å². The van der Waals surface area contributed by atoms with Crippen molar-refractivity contribution in [1.82, 2.24) is 0 Å². The molecule has 0 aliphatic rings. The van der Waals surface area contributed by atoms with Crippen molar-refractivity contribution in [2.45, 2.75) is 20.3 Å². The van der Waals surface area contributed by atoms with Crippen molar-refractivity contribution in [3.05, 3.63) is 29.6 Å². The molecule has 0 bridgehead atoms. The zero-order chi connectivity index (χ0) is 11.3. The molecule has 1 aromatic carbocycles. The molecule has 0 heterocycles. The molecule has 0 aliphatic carbocycles. The maximum atomic E-state index is 13.2. The SMILES string of the molecule is CCC(C)COc1ccc(C#N)c(F)c1. The topological polar surface area (TPSA) is 33.0 Å². The van der Waals surface area contributed by atoms with Gasteiger partial charge in [0.05, 0.1) is 12.2 Å². The summed E-state index contributed by atoms with van der Waals surface area (Å²) in [6, 6.07) is 6.07. The number of nitriles is 1. The van der Waals surface area contributed by atoms with E-state index < -0.39 is 5.82 Å². The first-order valence-electron chi connectivity index (χ1n) is 4.99. The van der Waals surface area contributed by atoms with E-state index in [4.69, 9.17) is 10.00 Å². The van der Waals surface area contributed by atoms with Gasteiger partial charge in [-0.2, -0.15) is 5.26 Å². The zero-order valence-electron chi connectivity index (χ0n) is 8.96. The van der Waals surface area contributed by atoms with Crippen LogP contribution in [0.1, 0.15) is 25.8 Å². The predicted molar refractivity (Wildman–Crippen MR) is 56.1 cm³/mol. The fourth-order valence-electron chi connectivity index (χ4n) is 1.03. The third kappa shape index (κ3) is 3.25. The summed E-state index contributed by atoms with van der Waals surface area (Å²) < 4.78 is 18.5. The summed E-state index contributed by atoms with van der Waals surface area (Å²) in [4.78, 5) is 0. The number of benzene rings is 1. The molecule has 0 saturated carbocycles. The zero-order valence-corrected chi connectivity index (χ0v) is 8.96. The van der Waals surface area contributed by atoms with Crippen LogP contribution in [-0.4, -0.2) is 6.61 Å². The molecular weight excluding hydrogens is 193 g/mol. The summed E-state index contributed by atoms with van der Waals surface area (Å²) in [5.74, 6) is 0.398. The Balaban J connectivity index is 2.64. The van der Waals surface area contributed by atoms with Crippen molar-refractivity contribution in [1.29, 1.82) is 5.26 Å². The molecule has 80 valence electrons. The highest BCUT2D eigenvalue weighted by Gasteiger charge is 2.04. The molecule has 1 unspecified atom stereocenters. The van der Waals surface area contributed by atoms with Gasteiger partial charge in [0.25, 0.3) is 0 Å². The highest BCUT2D eigenvalue weighted by atomic mass is 19.1. The van der Waals surface area contributed by atoms with Crippen LogP contribution in [0, 0.1) is 23.1 Å². The van der Waals surface area contributed by atoms with Crippen LogP contribution in [0.3, 0.4) is 0 Å². The van der Waals surface area contributed by atoms with Gasteiger partial charge in [-0.1, -0.05) is 20.3 Å². The summed E-state index contributed by atoms with van der Waals surface area (Å²) in [5.41, 5.74) is 0.0471. The van der Waals surface area contributed by atoms with Crippen LogP contribution >= 0.6 is 0 Å². The second kappa shape index (κ2) is 5.35. The van der Waals surface area contributed by atoms with Crippen molar-refractivity contribution < 1.29 is 9.13 Å². The fourth-order valence-corrected chi connectivity index (χ4v) is 1.03. The van der Waals surface area contributed by atoms with E-state index in [9.17, 15) is 4.39 Å². The van der Waals surface area contributed by atoms with Crippen LogP contribution in [0.25, 0.3) is 0 Å². The third-order valence-corrected chi connectivity index (χ3v) is 2.29. The quantitative estimate of drug-likeness (QED) is 0.759. The number of ether oxygens (including phenoxy) is 1.